The smallest absolute Gasteiger partial charge is 0.240 e. The van der Waals surface area contributed by atoms with Crippen molar-refractivity contribution in [1.82, 2.24) is 15.2 Å². The van der Waals surface area contributed by atoms with Crippen molar-refractivity contribution in [2.24, 2.45) is 5.92 Å². The highest BCUT2D eigenvalue weighted by atomic mass is 19.1. The van der Waals surface area contributed by atoms with Gasteiger partial charge in [0, 0.05) is 6.07 Å². The molecule has 1 radical (unpaired) electrons. The predicted octanol–water partition coefficient (Wildman–Crippen LogP) is 5.66. The Bertz CT molecular complexity index is 1230. The van der Waals surface area contributed by atoms with E-state index in [-0.39, 0.29) is 0 Å². The van der Waals surface area contributed by atoms with Crippen LogP contribution < -0.4 is 4.74 Å². The zero-order valence-corrected chi connectivity index (χ0v) is 16.7. The minimum atomic E-state index is -0.493. The third-order valence-corrected chi connectivity index (χ3v) is 5.77. The standard InChI is InChI=1S/C25H21FN3O/c1-30-22-12-6-11-21(27-22)24(17-9-5-10-17)23(16-7-3-2-4-8-16)18-13-14-20-19(15-18)25(26)29-28-20/h2-4,6-7,11-15,17H,5,9-10H2,1H3,(H,28,29)/b24-23+. The van der Waals surface area contributed by atoms with Crippen LogP contribution in [0.1, 0.15) is 36.1 Å². The molecule has 1 fully saturated rings. The Kier molecular flexibility index (Phi) is 4.79. The molecule has 1 saturated carbocycles. The van der Waals surface area contributed by atoms with Crippen LogP contribution in [0.2, 0.25) is 0 Å². The summed E-state index contributed by atoms with van der Waals surface area (Å²) in [5.41, 5.74) is 5.65. The van der Waals surface area contributed by atoms with E-state index in [1.165, 1.54) is 6.42 Å². The number of aromatic nitrogens is 3. The zero-order valence-electron chi connectivity index (χ0n) is 16.7. The van der Waals surface area contributed by atoms with Gasteiger partial charge in [-0.1, -0.05) is 42.8 Å². The summed E-state index contributed by atoms with van der Waals surface area (Å²) in [5.74, 6) is 0.475. The summed E-state index contributed by atoms with van der Waals surface area (Å²) < 4.78 is 19.6. The molecule has 0 saturated heterocycles. The van der Waals surface area contributed by atoms with Crippen molar-refractivity contribution >= 4 is 22.0 Å². The fraction of sp³-hybridized carbons (Fsp3) is 0.200. The second-order valence-corrected chi connectivity index (χ2v) is 7.53. The van der Waals surface area contributed by atoms with Gasteiger partial charge in [0.1, 0.15) is 0 Å². The number of methoxy groups -OCH3 is 1. The van der Waals surface area contributed by atoms with Crippen LogP contribution >= 0.6 is 0 Å². The molecule has 4 nitrogen and oxygen atoms in total. The molecular weight excluding hydrogens is 377 g/mol. The number of nitrogens with one attached hydrogen (secondary N) is 1. The van der Waals surface area contributed by atoms with E-state index in [0.717, 1.165) is 40.8 Å². The molecule has 0 aliphatic heterocycles. The number of allylic oxidation sites excluding steroid dienone is 1. The fourth-order valence-electron chi connectivity index (χ4n) is 4.06. The number of aromatic amines is 1. The topological polar surface area (TPSA) is 50.8 Å². The Hall–Kier alpha value is -3.47. The van der Waals surface area contributed by atoms with Gasteiger partial charge in [-0.15, -0.1) is 5.10 Å². The number of H-pyrrole nitrogens is 1. The lowest BCUT2D eigenvalue weighted by Crippen LogP contribution is -2.16. The normalized spacial score (nSPS) is 15.0. The molecule has 2 aromatic heterocycles. The van der Waals surface area contributed by atoms with E-state index in [1.54, 1.807) is 7.11 Å². The Morgan fingerprint density at radius 1 is 1.13 bits per heavy atom. The maximum absolute atomic E-state index is 14.3. The minimum Gasteiger partial charge on any atom is -0.481 e. The third kappa shape index (κ3) is 3.26. The van der Waals surface area contributed by atoms with Gasteiger partial charge in [-0.05, 0) is 65.3 Å². The second kappa shape index (κ2) is 7.75. The van der Waals surface area contributed by atoms with Gasteiger partial charge in [0.25, 0.3) is 0 Å². The number of pyridine rings is 1. The number of hydrogen-bond acceptors (Lipinski definition) is 3. The Morgan fingerprint density at radius 3 is 2.77 bits per heavy atom. The molecule has 5 rings (SSSR count). The molecular formula is C25H21FN3O. The first-order valence-electron chi connectivity index (χ1n) is 10.1. The van der Waals surface area contributed by atoms with Gasteiger partial charge >= 0.3 is 0 Å². The van der Waals surface area contributed by atoms with Crippen molar-refractivity contribution in [3.05, 3.63) is 89.5 Å². The van der Waals surface area contributed by atoms with Gasteiger partial charge in [-0.3, -0.25) is 5.10 Å². The number of halogens is 1. The molecule has 0 unspecified atom stereocenters. The summed E-state index contributed by atoms with van der Waals surface area (Å²) in [6, 6.07) is 22.9. The number of nitrogens with zero attached hydrogens (tertiary/aromatic N) is 2. The van der Waals surface area contributed by atoms with Crippen LogP contribution in [-0.2, 0) is 0 Å². The largest absolute Gasteiger partial charge is 0.481 e. The Balaban J connectivity index is 1.81. The van der Waals surface area contributed by atoms with E-state index in [9.17, 15) is 4.39 Å². The first-order valence-corrected chi connectivity index (χ1v) is 10.1. The maximum Gasteiger partial charge on any atom is 0.240 e. The fourth-order valence-corrected chi connectivity index (χ4v) is 4.06. The van der Waals surface area contributed by atoms with Crippen molar-refractivity contribution in [2.75, 3.05) is 7.11 Å². The summed E-state index contributed by atoms with van der Waals surface area (Å²) >= 11 is 0. The van der Waals surface area contributed by atoms with Crippen LogP contribution in [-0.4, -0.2) is 22.3 Å². The average Bonchev–Trinajstić information content (AvgIpc) is 3.13. The van der Waals surface area contributed by atoms with E-state index in [2.05, 4.69) is 16.3 Å². The Morgan fingerprint density at radius 2 is 2.03 bits per heavy atom. The van der Waals surface area contributed by atoms with E-state index >= 15 is 0 Å². The summed E-state index contributed by atoms with van der Waals surface area (Å²) in [4.78, 5) is 4.75. The highest BCUT2D eigenvalue weighted by molar-refractivity contribution is 6.00. The third-order valence-electron chi connectivity index (χ3n) is 5.77. The molecule has 2 heterocycles. The number of ether oxygens (including phenoxy) is 1. The first kappa shape index (κ1) is 18.6. The van der Waals surface area contributed by atoms with Crippen molar-refractivity contribution in [1.29, 1.82) is 0 Å². The average molecular weight is 398 g/mol. The van der Waals surface area contributed by atoms with Crippen LogP contribution in [0.25, 0.3) is 22.0 Å². The first-order chi connectivity index (χ1) is 14.7. The molecule has 0 spiro atoms. The van der Waals surface area contributed by atoms with Gasteiger partial charge in [-0.2, -0.15) is 4.39 Å². The molecule has 30 heavy (non-hydrogen) atoms. The molecule has 0 bridgehead atoms. The number of fused-ring (bicyclic) bond motifs is 1. The molecule has 5 heteroatoms. The molecule has 0 atom stereocenters. The van der Waals surface area contributed by atoms with Gasteiger partial charge in [0.2, 0.25) is 11.8 Å². The predicted molar refractivity (Wildman–Crippen MR) is 115 cm³/mol. The number of benzene rings is 2. The number of rotatable bonds is 5. The second-order valence-electron chi connectivity index (χ2n) is 7.53. The summed E-state index contributed by atoms with van der Waals surface area (Å²) in [6.07, 6.45) is 3.40. The van der Waals surface area contributed by atoms with E-state index < -0.39 is 5.95 Å². The Labute approximate surface area is 174 Å². The minimum absolute atomic E-state index is 0.387. The highest BCUT2D eigenvalue weighted by Crippen LogP contribution is 2.45. The lowest BCUT2D eigenvalue weighted by atomic mass is 9.74. The molecule has 1 N–H and O–H groups in total. The van der Waals surface area contributed by atoms with Crippen LogP contribution in [0.15, 0.2) is 60.7 Å². The number of hydrogen-bond donors (Lipinski definition) is 1. The molecule has 1 aliphatic carbocycles. The SMILES string of the molecule is COc1cccc(/C(=C(\c2[c]cccc2)c2ccc3[nH]nc(F)c3c2)C2CCC2)n1. The van der Waals surface area contributed by atoms with Crippen molar-refractivity contribution < 1.29 is 9.13 Å². The van der Waals surface area contributed by atoms with Gasteiger partial charge in [0.15, 0.2) is 0 Å². The summed E-state index contributed by atoms with van der Waals surface area (Å²) in [7, 11) is 1.63. The maximum atomic E-state index is 14.3. The highest BCUT2D eigenvalue weighted by Gasteiger charge is 2.28. The van der Waals surface area contributed by atoms with Crippen LogP contribution in [0.3, 0.4) is 0 Å². The summed E-state index contributed by atoms with van der Waals surface area (Å²) in [6.45, 7) is 0. The molecule has 1 aliphatic rings. The molecule has 4 aromatic rings. The quantitative estimate of drug-likeness (QED) is 0.472. The van der Waals surface area contributed by atoms with E-state index in [4.69, 9.17) is 9.72 Å². The van der Waals surface area contributed by atoms with Crippen molar-refractivity contribution in [2.45, 2.75) is 19.3 Å². The van der Waals surface area contributed by atoms with Crippen LogP contribution in [0.5, 0.6) is 5.88 Å². The van der Waals surface area contributed by atoms with Crippen LogP contribution in [0, 0.1) is 17.9 Å². The van der Waals surface area contributed by atoms with Crippen LogP contribution in [0.4, 0.5) is 4.39 Å². The monoisotopic (exact) mass is 398 g/mol. The molecule has 0 amide bonds. The molecule has 149 valence electrons. The van der Waals surface area contributed by atoms with E-state index in [1.807, 2.05) is 60.7 Å². The van der Waals surface area contributed by atoms with E-state index in [0.29, 0.717) is 22.7 Å². The van der Waals surface area contributed by atoms with Crippen molar-refractivity contribution in [3.8, 4) is 5.88 Å². The molecule has 2 aromatic carbocycles. The van der Waals surface area contributed by atoms with Gasteiger partial charge in [-0.25, -0.2) is 4.98 Å². The summed E-state index contributed by atoms with van der Waals surface area (Å²) in [5, 5.41) is 6.93. The van der Waals surface area contributed by atoms with Crippen molar-refractivity contribution in [3.63, 3.8) is 0 Å². The zero-order chi connectivity index (χ0) is 20.5. The van der Waals surface area contributed by atoms with Gasteiger partial charge < -0.3 is 4.74 Å². The lowest BCUT2D eigenvalue weighted by Gasteiger charge is -2.31. The lowest BCUT2D eigenvalue weighted by molar-refractivity contribution is 0.391. The van der Waals surface area contributed by atoms with Gasteiger partial charge in [0.05, 0.1) is 23.7 Å².